The van der Waals surface area contributed by atoms with E-state index in [1.54, 1.807) is 31.2 Å². The third-order valence-corrected chi connectivity index (χ3v) is 4.24. The Balaban J connectivity index is 2.16. The van der Waals surface area contributed by atoms with Gasteiger partial charge in [-0.05, 0) is 55.8 Å². The number of ether oxygens (including phenoxy) is 1. The van der Waals surface area contributed by atoms with Crippen LogP contribution in [0.15, 0.2) is 42.6 Å². The minimum atomic E-state index is -1.01. The van der Waals surface area contributed by atoms with Gasteiger partial charge in [-0.3, -0.25) is 4.98 Å². The Hall–Kier alpha value is -3.12. The van der Waals surface area contributed by atoms with Crippen molar-refractivity contribution in [2.45, 2.75) is 13.8 Å². The van der Waals surface area contributed by atoms with E-state index in [-0.39, 0.29) is 17.7 Å². The fourth-order valence-electron chi connectivity index (χ4n) is 2.77. The number of nitrogens with zero attached hydrogens (tertiary/aromatic N) is 1. The van der Waals surface area contributed by atoms with Crippen molar-refractivity contribution in [2.75, 3.05) is 11.9 Å². The molecule has 0 unspecified atom stereocenters. The van der Waals surface area contributed by atoms with E-state index < -0.39 is 11.9 Å². The average Bonchev–Trinajstić information content (AvgIpc) is 2.62. The lowest BCUT2D eigenvalue weighted by Gasteiger charge is -2.15. The third kappa shape index (κ3) is 3.85. The van der Waals surface area contributed by atoms with Crippen LogP contribution in [0.5, 0.6) is 0 Å². The molecule has 0 fully saturated rings. The fraction of sp³-hybridized carbons (Fsp3) is 0.150. The van der Waals surface area contributed by atoms with Gasteiger partial charge in [-0.1, -0.05) is 11.6 Å². The number of rotatable bonds is 5. The van der Waals surface area contributed by atoms with E-state index in [0.29, 0.717) is 27.3 Å². The predicted molar refractivity (Wildman–Crippen MR) is 104 cm³/mol. The van der Waals surface area contributed by atoms with Gasteiger partial charge in [0.1, 0.15) is 5.56 Å². The molecular weight excluding hydrogens is 368 g/mol. The van der Waals surface area contributed by atoms with Crippen LogP contribution in [0.25, 0.3) is 10.9 Å². The zero-order valence-electron chi connectivity index (χ0n) is 14.7. The molecule has 2 N–H and O–H groups in total. The Kier molecular flexibility index (Phi) is 5.28. The second-order valence-electron chi connectivity index (χ2n) is 5.89. The fourth-order valence-corrected chi connectivity index (χ4v) is 3.05. The number of aromatic nitrogens is 1. The lowest BCUT2D eigenvalue weighted by molar-refractivity contribution is 0.0526. The number of halogens is 1. The Morgan fingerprint density at radius 3 is 2.56 bits per heavy atom. The number of fused-ring (bicyclic) bond motifs is 1. The number of nitrogens with one attached hydrogen (secondary N) is 1. The van der Waals surface area contributed by atoms with E-state index in [2.05, 4.69) is 10.3 Å². The molecule has 138 valence electrons. The molecule has 0 amide bonds. The van der Waals surface area contributed by atoms with Crippen LogP contribution in [0, 0.1) is 6.92 Å². The summed E-state index contributed by atoms with van der Waals surface area (Å²) in [6, 6.07) is 9.75. The number of anilines is 2. The van der Waals surface area contributed by atoms with Crippen molar-refractivity contribution < 1.29 is 19.4 Å². The summed E-state index contributed by atoms with van der Waals surface area (Å²) in [5.41, 5.74) is 3.15. The zero-order chi connectivity index (χ0) is 19.6. The van der Waals surface area contributed by atoms with Crippen molar-refractivity contribution in [3.63, 3.8) is 0 Å². The summed E-state index contributed by atoms with van der Waals surface area (Å²) in [4.78, 5) is 27.8. The summed E-state index contributed by atoms with van der Waals surface area (Å²) < 4.78 is 5.14. The van der Waals surface area contributed by atoms with Gasteiger partial charge in [0.2, 0.25) is 0 Å². The first-order valence-corrected chi connectivity index (χ1v) is 8.65. The van der Waals surface area contributed by atoms with Gasteiger partial charge in [0.15, 0.2) is 0 Å². The largest absolute Gasteiger partial charge is 0.478 e. The summed E-state index contributed by atoms with van der Waals surface area (Å²) >= 11 is 6.21. The second kappa shape index (κ2) is 7.63. The van der Waals surface area contributed by atoms with Crippen LogP contribution in [-0.4, -0.2) is 28.6 Å². The Labute approximate surface area is 160 Å². The first kappa shape index (κ1) is 18.7. The third-order valence-electron chi connectivity index (χ3n) is 4.02. The van der Waals surface area contributed by atoms with E-state index in [1.807, 2.05) is 6.92 Å². The van der Waals surface area contributed by atoms with Crippen molar-refractivity contribution in [3.8, 4) is 0 Å². The lowest BCUT2D eigenvalue weighted by atomic mass is 10.1. The number of esters is 1. The maximum Gasteiger partial charge on any atom is 0.341 e. The van der Waals surface area contributed by atoms with Gasteiger partial charge in [0.05, 0.1) is 23.4 Å². The number of aromatic carboxylic acids is 1. The Morgan fingerprint density at radius 2 is 1.93 bits per heavy atom. The van der Waals surface area contributed by atoms with Crippen LogP contribution in [0.3, 0.4) is 0 Å². The van der Waals surface area contributed by atoms with E-state index in [9.17, 15) is 9.59 Å². The zero-order valence-corrected chi connectivity index (χ0v) is 15.5. The van der Waals surface area contributed by atoms with Gasteiger partial charge in [-0.15, -0.1) is 0 Å². The summed E-state index contributed by atoms with van der Waals surface area (Å²) in [7, 11) is 0. The number of carbonyl (C=O) groups is 2. The van der Waals surface area contributed by atoms with E-state index in [0.717, 1.165) is 5.56 Å². The number of carbonyl (C=O) groups excluding carboxylic acids is 1. The van der Waals surface area contributed by atoms with Crippen LogP contribution >= 0.6 is 11.6 Å². The molecule has 0 saturated heterocycles. The molecule has 0 aliphatic heterocycles. The van der Waals surface area contributed by atoms with E-state index >= 15 is 0 Å². The minimum absolute atomic E-state index is 0.171. The summed E-state index contributed by atoms with van der Waals surface area (Å²) in [6.07, 6.45) is 1.47. The molecule has 3 rings (SSSR count). The van der Waals surface area contributed by atoms with Crippen LogP contribution in [0.1, 0.15) is 33.2 Å². The van der Waals surface area contributed by atoms with Gasteiger partial charge >= 0.3 is 11.9 Å². The minimum Gasteiger partial charge on any atom is -0.478 e. The first-order chi connectivity index (χ1) is 12.9. The van der Waals surface area contributed by atoms with Crippen LogP contribution < -0.4 is 5.32 Å². The van der Waals surface area contributed by atoms with Crippen LogP contribution in [0.4, 0.5) is 11.4 Å². The molecule has 0 radical (unpaired) electrons. The molecule has 27 heavy (non-hydrogen) atoms. The van der Waals surface area contributed by atoms with E-state index in [1.165, 1.54) is 18.3 Å². The molecule has 2 aromatic carbocycles. The molecule has 1 aromatic heterocycles. The summed E-state index contributed by atoms with van der Waals surface area (Å²) in [5.74, 6) is -1.51. The standard InChI is InChI=1S/C20H17ClN2O4/c1-3-27-20(26)16-10-22-17-11(2)8-13(21)9-15(17)18(16)23-14-6-4-12(5-7-14)19(24)25/h4-10H,3H2,1-2H3,(H,22,23)(H,24,25). The number of carboxylic acids is 1. The number of aryl methyl sites for hydroxylation is 1. The van der Waals surface area contributed by atoms with Gasteiger partial charge in [-0.2, -0.15) is 0 Å². The maximum absolute atomic E-state index is 12.4. The highest BCUT2D eigenvalue weighted by Crippen LogP contribution is 2.33. The average molecular weight is 385 g/mol. The highest BCUT2D eigenvalue weighted by Gasteiger charge is 2.18. The number of benzene rings is 2. The van der Waals surface area contributed by atoms with Gasteiger partial charge in [0, 0.05) is 22.3 Å². The van der Waals surface area contributed by atoms with Crippen LogP contribution in [0.2, 0.25) is 5.02 Å². The Morgan fingerprint density at radius 1 is 1.22 bits per heavy atom. The summed E-state index contributed by atoms with van der Waals surface area (Å²) in [5, 5.41) is 13.4. The van der Waals surface area contributed by atoms with E-state index in [4.69, 9.17) is 21.4 Å². The van der Waals surface area contributed by atoms with Gasteiger partial charge < -0.3 is 15.2 Å². The highest BCUT2D eigenvalue weighted by molar-refractivity contribution is 6.31. The topological polar surface area (TPSA) is 88.5 Å². The molecule has 0 saturated carbocycles. The molecule has 0 bridgehead atoms. The molecule has 0 atom stereocenters. The molecule has 3 aromatic rings. The predicted octanol–water partition coefficient (Wildman–Crippen LogP) is 4.82. The molecule has 0 spiro atoms. The molecule has 6 nitrogen and oxygen atoms in total. The number of hydrogen-bond acceptors (Lipinski definition) is 5. The molecule has 0 aliphatic rings. The maximum atomic E-state index is 12.4. The van der Waals surface area contributed by atoms with Gasteiger partial charge in [-0.25, -0.2) is 9.59 Å². The van der Waals surface area contributed by atoms with Crippen LogP contribution in [-0.2, 0) is 4.74 Å². The van der Waals surface area contributed by atoms with Crippen molar-refractivity contribution in [3.05, 3.63) is 64.3 Å². The smallest absolute Gasteiger partial charge is 0.341 e. The molecular formula is C20H17ClN2O4. The quantitative estimate of drug-likeness (QED) is 0.613. The normalized spacial score (nSPS) is 10.6. The molecule has 7 heteroatoms. The number of pyridine rings is 1. The monoisotopic (exact) mass is 384 g/mol. The molecule has 0 aliphatic carbocycles. The lowest BCUT2D eigenvalue weighted by Crippen LogP contribution is -2.09. The second-order valence-corrected chi connectivity index (χ2v) is 6.33. The number of hydrogen-bond donors (Lipinski definition) is 2. The van der Waals surface area contributed by atoms with Gasteiger partial charge in [0.25, 0.3) is 0 Å². The SMILES string of the molecule is CCOC(=O)c1cnc2c(C)cc(Cl)cc2c1Nc1ccc(C(=O)O)cc1. The van der Waals surface area contributed by atoms with Crippen molar-refractivity contribution in [2.24, 2.45) is 0 Å². The molecule has 1 heterocycles. The van der Waals surface area contributed by atoms with Crippen molar-refractivity contribution >= 4 is 45.8 Å². The van der Waals surface area contributed by atoms with Crippen molar-refractivity contribution in [1.29, 1.82) is 0 Å². The Bertz CT molecular complexity index is 1030. The number of carboxylic acid groups (broad SMARTS) is 1. The highest BCUT2D eigenvalue weighted by atomic mass is 35.5. The van der Waals surface area contributed by atoms with Crippen molar-refractivity contribution in [1.82, 2.24) is 4.98 Å². The first-order valence-electron chi connectivity index (χ1n) is 8.27. The summed E-state index contributed by atoms with van der Waals surface area (Å²) in [6.45, 7) is 3.85.